The lowest BCUT2D eigenvalue weighted by molar-refractivity contribution is 0.878. The molecule has 2 aromatic rings. The molecule has 0 aliphatic heterocycles. The molecule has 0 radical (unpaired) electrons. The smallest absolute Gasteiger partial charge is 0.141 e. The van der Waals surface area contributed by atoms with Crippen LogP contribution in [0, 0.1) is 0 Å². The van der Waals surface area contributed by atoms with Gasteiger partial charge in [0.25, 0.3) is 0 Å². The molecule has 70 valence electrons. The fraction of sp³-hybridized carbons (Fsp3) is 0. The molecule has 4 nitrogen and oxygen atoms in total. The molecule has 0 fully saturated rings. The molecule has 0 atom stereocenters. The third-order valence-electron chi connectivity index (χ3n) is 1.64. The van der Waals surface area contributed by atoms with Gasteiger partial charge < -0.3 is 0 Å². The maximum absolute atomic E-state index is 5.93. The molecule has 0 unspecified atom stereocenters. The summed E-state index contributed by atoms with van der Waals surface area (Å²) in [6.45, 7) is 0. The van der Waals surface area contributed by atoms with E-state index in [9.17, 15) is 0 Å². The summed E-state index contributed by atoms with van der Waals surface area (Å²) < 4.78 is 1.50. The van der Waals surface area contributed by atoms with Crippen molar-refractivity contribution in [2.75, 3.05) is 0 Å². The Bertz CT molecular complexity index is 436. The van der Waals surface area contributed by atoms with E-state index in [4.69, 9.17) is 11.6 Å². The summed E-state index contributed by atoms with van der Waals surface area (Å²) in [5, 5.41) is 12.0. The van der Waals surface area contributed by atoms with Crippen LogP contribution < -0.4 is 0 Å². The van der Waals surface area contributed by atoms with Gasteiger partial charge in [0.05, 0.1) is 6.21 Å². The minimum absolute atomic E-state index is 0.671. The Kier molecular flexibility index (Phi) is 2.55. The van der Waals surface area contributed by atoms with Crippen LogP contribution >= 0.6 is 11.6 Å². The topological polar surface area (TPSA) is 43.1 Å². The third-order valence-corrected chi connectivity index (χ3v) is 1.99. The Morgan fingerprint density at radius 2 is 1.93 bits per heavy atom. The van der Waals surface area contributed by atoms with Gasteiger partial charge in [-0.15, -0.1) is 10.2 Å². The van der Waals surface area contributed by atoms with Crippen molar-refractivity contribution in [3.8, 4) is 0 Å². The van der Waals surface area contributed by atoms with Gasteiger partial charge in [-0.2, -0.15) is 5.10 Å². The Balaban J connectivity index is 2.23. The highest BCUT2D eigenvalue weighted by atomic mass is 35.5. The standard InChI is InChI=1S/C9H7ClN4/c10-9-4-2-1-3-8(9)5-13-14-6-11-12-7-14/h1-7H. The number of aromatic nitrogens is 3. The summed E-state index contributed by atoms with van der Waals surface area (Å²) in [6, 6.07) is 7.48. The molecular weight excluding hydrogens is 200 g/mol. The van der Waals surface area contributed by atoms with Gasteiger partial charge in [0.1, 0.15) is 12.7 Å². The van der Waals surface area contributed by atoms with Gasteiger partial charge in [0.15, 0.2) is 0 Å². The van der Waals surface area contributed by atoms with Gasteiger partial charge in [-0.3, -0.25) is 0 Å². The first-order valence-corrected chi connectivity index (χ1v) is 4.37. The van der Waals surface area contributed by atoms with Gasteiger partial charge in [-0.25, -0.2) is 4.68 Å². The van der Waals surface area contributed by atoms with Crippen molar-refractivity contribution in [2.45, 2.75) is 0 Å². The zero-order chi connectivity index (χ0) is 9.80. The van der Waals surface area contributed by atoms with E-state index in [0.717, 1.165) is 5.56 Å². The predicted molar refractivity (Wildman–Crippen MR) is 54.5 cm³/mol. The van der Waals surface area contributed by atoms with Gasteiger partial charge in [0.2, 0.25) is 0 Å². The van der Waals surface area contributed by atoms with Gasteiger partial charge in [0, 0.05) is 10.6 Å². The first-order chi connectivity index (χ1) is 6.86. The molecule has 2 rings (SSSR count). The highest BCUT2D eigenvalue weighted by Gasteiger charge is 1.93. The van der Waals surface area contributed by atoms with Gasteiger partial charge in [-0.1, -0.05) is 29.8 Å². The van der Waals surface area contributed by atoms with Crippen LogP contribution in [0.2, 0.25) is 5.02 Å². The molecule has 5 heteroatoms. The number of hydrogen-bond acceptors (Lipinski definition) is 3. The average Bonchev–Trinajstić information content (AvgIpc) is 2.69. The van der Waals surface area contributed by atoms with E-state index in [2.05, 4.69) is 15.3 Å². The Labute approximate surface area is 85.8 Å². The van der Waals surface area contributed by atoms with Crippen LogP contribution in [0.3, 0.4) is 0 Å². The molecule has 0 N–H and O–H groups in total. The van der Waals surface area contributed by atoms with Crippen LogP contribution in [0.5, 0.6) is 0 Å². The number of benzene rings is 1. The van der Waals surface area contributed by atoms with E-state index in [1.807, 2.05) is 24.3 Å². The van der Waals surface area contributed by atoms with E-state index in [1.165, 1.54) is 17.3 Å². The fourth-order valence-electron chi connectivity index (χ4n) is 0.964. The molecule has 0 aliphatic rings. The molecule has 0 spiro atoms. The average molecular weight is 207 g/mol. The van der Waals surface area contributed by atoms with Crippen LogP contribution in [-0.4, -0.2) is 21.1 Å². The summed E-state index contributed by atoms with van der Waals surface area (Å²) in [4.78, 5) is 0. The lowest BCUT2D eigenvalue weighted by Gasteiger charge is -1.95. The zero-order valence-electron chi connectivity index (χ0n) is 7.21. The van der Waals surface area contributed by atoms with Crippen LogP contribution in [-0.2, 0) is 0 Å². The minimum Gasteiger partial charge on any atom is -0.208 e. The molecule has 0 amide bonds. The van der Waals surface area contributed by atoms with Crippen molar-refractivity contribution in [3.05, 3.63) is 47.5 Å². The summed E-state index contributed by atoms with van der Waals surface area (Å²) in [7, 11) is 0. The van der Waals surface area contributed by atoms with Crippen LogP contribution in [0.4, 0.5) is 0 Å². The largest absolute Gasteiger partial charge is 0.208 e. The molecule has 1 aromatic carbocycles. The van der Waals surface area contributed by atoms with Gasteiger partial charge >= 0.3 is 0 Å². The van der Waals surface area contributed by atoms with E-state index < -0.39 is 0 Å². The number of hydrogen-bond donors (Lipinski definition) is 0. The lowest BCUT2D eigenvalue weighted by Crippen LogP contribution is -1.87. The zero-order valence-corrected chi connectivity index (χ0v) is 7.96. The highest BCUT2D eigenvalue weighted by Crippen LogP contribution is 2.12. The minimum atomic E-state index is 0.671. The molecule has 1 heterocycles. The summed E-state index contributed by atoms with van der Waals surface area (Å²) in [5.74, 6) is 0. The molecule has 0 bridgehead atoms. The van der Waals surface area contributed by atoms with Crippen molar-refractivity contribution in [1.29, 1.82) is 0 Å². The SMILES string of the molecule is Clc1ccccc1C=Nn1cnnc1. The second kappa shape index (κ2) is 4.02. The van der Waals surface area contributed by atoms with Gasteiger partial charge in [-0.05, 0) is 6.07 Å². The Morgan fingerprint density at radius 3 is 2.64 bits per heavy atom. The van der Waals surface area contributed by atoms with Crippen LogP contribution in [0.15, 0.2) is 42.0 Å². The maximum atomic E-state index is 5.93. The van der Waals surface area contributed by atoms with E-state index in [0.29, 0.717) is 5.02 Å². The fourth-order valence-corrected chi connectivity index (χ4v) is 1.15. The van der Waals surface area contributed by atoms with Crippen molar-refractivity contribution >= 4 is 17.8 Å². The molecule has 1 aromatic heterocycles. The van der Waals surface area contributed by atoms with Crippen LogP contribution in [0.1, 0.15) is 5.56 Å². The second-order valence-electron chi connectivity index (χ2n) is 2.61. The third kappa shape index (κ3) is 1.97. The quantitative estimate of drug-likeness (QED) is 0.704. The second-order valence-corrected chi connectivity index (χ2v) is 3.02. The lowest BCUT2D eigenvalue weighted by atomic mass is 10.2. The van der Waals surface area contributed by atoms with Crippen LogP contribution in [0.25, 0.3) is 0 Å². The van der Waals surface area contributed by atoms with E-state index >= 15 is 0 Å². The molecular formula is C9H7ClN4. The number of rotatable bonds is 2. The Hall–Kier alpha value is -1.68. The summed E-state index contributed by atoms with van der Waals surface area (Å²) in [5.41, 5.74) is 0.864. The Morgan fingerprint density at radius 1 is 1.21 bits per heavy atom. The molecule has 14 heavy (non-hydrogen) atoms. The van der Waals surface area contributed by atoms with Crippen molar-refractivity contribution < 1.29 is 0 Å². The van der Waals surface area contributed by atoms with E-state index in [-0.39, 0.29) is 0 Å². The molecule has 0 aliphatic carbocycles. The molecule has 0 saturated heterocycles. The monoisotopic (exact) mass is 206 g/mol. The highest BCUT2D eigenvalue weighted by molar-refractivity contribution is 6.33. The first-order valence-electron chi connectivity index (χ1n) is 4.00. The summed E-state index contributed by atoms with van der Waals surface area (Å²) >= 11 is 5.93. The van der Waals surface area contributed by atoms with Crippen molar-refractivity contribution in [1.82, 2.24) is 14.9 Å². The van der Waals surface area contributed by atoms with Crippen molar-refractivity contribution in [3.63, 3.8) is 0 Å². The normalized spacial score (nSPS) is 10.9. The number of halogens is 1. The molecule has 0 saturated carbocycles. The first kappa shape index (κ1) is 8.90. The number of nitrogens with zero attached hydrogens (tertiary/aromatic N) is 4. The van der Waals surface area contributed by atoms with E-state index in [1.54, 1.807) is 6.21 Å². The van der Waals surface area contributed by atoms with Crippen molar-refractivity contribution in [2.24, 2.45) is 5.10 Å². The summed E-state index contributed by atoms with van der Waals surface area (Å²) in [6.07, 6.45) is 4.67. The maximum Gasteiger partial charge on any atom is 0.141 e. The predicted octanol–water partition coefficient (Wildman–Crippen LogP) is 1.81.